The van der Waals surface area contributed by atoms with E-state index in [0.717, 1.165) is 0 Å². The second-order valence-corrected chi connectivity index (χ2v) is 7.62. The molecular formula is C17H25NO7S. The third-order valence-corrected chi connectivity index (χ3v) is 5.41. The average molecular weight is 387 g/mol. The Balaban J connectivity index is 3.63. The van der Waals surface area contributed by atoms with Crippen molar-refractivity contribution in [2.75, 3.05) is 26.5 Å². The van der Waals surface area contributed by atoms with Crippen LogP contribution in [0, 0.1) is 0 Å². The van der Waals surface area contributed by atoms with E-state index in [-0.39, 0.29) is 33.8 Å². The summed E-state index contributed by atoms with van der Waals surface area (Å²) < 4.78 is 41.2. The van der Waals surface area contributed by atoms with Crippen LogP contribution in [0.1, 0.15) is 32.8 Å². The Morgan fingerprint density at radius 1 is 1.12 bits per heavy atom. The van der Waals surface area contributed by atoms with E-state index in [1.54, 1.807) is 6.92 Å². The van der Waals surface area contributed by atoms with Crippen molar-refractivity contribution in [1.82, 2.24) is 5.32 Å². The maximum atomic E-state index is 12.7. The maximum absolute atomic E-state index is 12.7. The molecule has 0 heterocycles. The highest BCUT2D eigenvalue weighted by molar-refractivity contribution is 7.91. The van der Waals surface area contributed by atoms with Crippen molar-refractivity contribution >= 4 is 21.7 Å². The molecule has 8 nitrogen and oxygen atoms in total. The van der Waals surface area contributed by atoms with Crippen LogP contribution in [0.5, 0.6) is 17.2 Å². The normalized spacial score (nSPS) is 11.0. The van der Waals surface area contributed by atoms with Crippen molar-refractivity contribution in [2.45, 2.75) is 38.5 Å². The first-order valence-corrected chi connectivity index (χ1v) is 9.76. The Morgan fingerprint density at radius 2 is 1.77 bits per heavy atom. The number of benzene rings is 1. The van der Waals surface area contributed by atoms with Gasteiger partial charge in [0.1, 0.15) is 5.75 Å². The van der Waals surface area contributed by atoms with E-state index in [9.17, 15) is 18.0 Å². The molecule has 0 fully saturated rings. The van der Waals surface area contributed by atoms with Gasteiger partial charge in [-0.05, 0) is 18.9 Å². The molecule has 9 heteroatoms. The van der Waals surface area contributed by atoms with Crippen molar-refractivity contribution < 1.29 is 32.2 Å². The van der Waals surface area contributed by atoms with E-state index < -0.39 is 15.8 Å². The third-order valence-electron chi connectivity index (χ3n) is 3.46. The summed E-state index contributed by atoms with van der Waals surface area (Å²) in [4.78, 5) is 22.4. The Hall–Kier alpha value is -2.29. The molecule has 0 bridgehead atoms. The minimum absolute atomic E-state index is 0.0633. The van der Waals surface area contributed by atoms with Crippen molar-refractivity contribution in [1.29, 1.82) is 0 Å². The van der Waals surface area contributed by atoms with Crippen molar-refractivity contribution in [2.24, 2.45) is 0 Å². The van der Waals surface area contributed by atoms with Crippen LogP contribution in [0.2, 0.25) is 0 Å². The average Bonchev–Trinajstić information content (AvgIpc) is 2.53. The quantitative estimate of drug-likeness (QED) is 0.505. The number of ether oxygens (including phenoxy) is 3. The SMILES string of the molecule is CCCS(=O)(=O)c1c(OC)cc(CCNC(C)=O)c(OC)c1OC(C)=O. The highest BCUT2D eigenvalue weighted by atomic mass is 32.2. The van der Waals surface area contributed by atoms with Gasteiger partial charge in [0, 0.05) is 26.0 Å². The zero-order valence-corrected chi connectivity index (χ0v) is 16.5. The van der Waals surface area contributed by atoms with Gasteiger partial charge in [-0.3, -0.25) is 9.59 Å². The molecule has 26 heavy (non-hydrogen) atoms. The fraction of sp³-hybridized carbons (Fsp3) is 0.529. The summed E-state index contributed by atoms with van der Waals surface area (Å²) in [5.74, 6) is -1.01. The molecule has 1 aromatic rings. The summed E-state index contributed by atoms with van der Waals surface area (Å²) in [6.07, 6.45) is 0.721. The van der Waals surface area contributed by atoms with Crippen molar-refractivity contribution in [3.8, 4) is 17.2 Å². The fourth-order valence-electron chi connectivity index (χ4n) is 2.49. The molecule has 0 unspecified atom stereocenters. The number of hydrogen-bond acceptors (Lipinski definition) is 7. The molecule has 1 aromatic carbocycles. The molecule has 1 rings (SSSR count). The monoisotopic (exact) mass is 387 g/mol. The van der Waals surface area contributed by atoms with Gasteiger partial charge in [-0.15, -0.1) is 0 Å². The van der Waals surface area contributed by atoms with E-state index in [2.05, 4.69) is 5.32 Å². The Kier molecular flexibility index (Phi) is 7.88. The predicted octanol–water partition coefficient (Wildman–Crippen LogP) is 1.49. The van der Waals surface area contributed by atoms with Gasteiger partial charge < -0.3 is 19.5 Å². The minimum Gasteiger partial charge on any atom is -0.495 e. The smallest absolute Gasteiger partial charge is 0.308 e. The Bertz CT molecular complexity index is 772. The molecule has 146 valence electrons. The lowest BCUT2D eigenvalue weighted by atomic mass is 10.1. The second kappa shape index (κ2) is 9.42. The lowest BCUT2D eigenvalue weighted by molar-refractivity contribution is -0.132. The number of carbonyl (C=O) groups is 2. The zero-order valence-electron chi connectivity index (χ0n) is 15.7. The number of hydrogen-bond donors (Lipinski definition) is 1. The fourth-order valence-corrected chi connectivity index (χ4v) is 4.09. The van der Waals surface area contributed by atoms with E-state index in [4.69, 9.17) is 14.2 Å². The van der Waals surface area contributed by atoms with Gasteiger partial charge in [-0.2, -0.15) is 0 Å². The summed E-state index contributed by atoms with van der Waals surface area (Å²) in [5, 5.41) is 2.65. The van der Waals surface area contributed by atoms with Crippen LogP contribution in [-0.4, -0.2) is 46.8 Å². The molecule has 1 N–H and O–H groups in total. The van der Waals surface area contributed by atoms with Gasteiger partial charge in [-0.25, -0.2) is 8.42 Å². The molecule has 0 aliphatic heterocycles. The molecule has 0 aliphatic rings. The van der Waals surface area contributed by atoms with Crippen LogP contribution in [-0.2, 0) is 25.8 Å². The number of sulfone groups is 1. The van der Waals surface area contributed by atoms with Crippen LogP contribution in [0.4, 0.5) is 0 Å². The van der Waals surface area contributed by atoms with E-state index in [0.29, 0.717) is 24.9 Å². The summed E-state index contributed by atoms with van der Waals surface area (Å²) in [6, 6.07) is 1.52. The minimum atomic E-state index is -3.76. The molecule has 1 amide bonds. The third kappa shape index (κ3) is 5.35. The first-order valence-electron chi connectivity index (χ1n) is 8.11. The van der Waals surface area contributed by atoms with E-state index >= 15 is 0 Å². The van der Waals surface area contributed by atoms with Gasteiger partial charge in [0.2, 0.25) is 5.91 Å². The zero-order chi connectivity index (χ0) is 19.9. The molecule has 0 aromatic heterocycles. The molecule has 0 spiro atoms. The number of rotatable bonds is 9. The predicted molar refractivity (Wildman–Crippen MR) is 95.6 cm³/mol. The first-order chi connectivity index (χ1) is 12.2. The van der Waals surface area contributed by atoms with E-state index in [1.807, 2.05) is 0 Å². The van der Waals surface area contributed by atoms with Crippen LogP contribution in [0.25, 0.3) is 0 Å². The number of amides is 1. The summed E-state index contributed by atoms with van der Waals surface area (Å²) >= 11 is 0. The van der Waals surface area contributed by atoms with Crippen LogP contribution in [0.15, 0.2) is 11.0 Å². The first kappa shape index (κ1) is 21.8. The standard InChI is InChI=1S/C17H25NO7S/c1-6-9-26(21,22)17-14(23-4)10-13(7-8-18-11(2)19)15(24-5)16(17)25-12(3)20/h10H,6-9H2,1-5H3,(H,18,19). The highest BCUT2D eigenvalue weighted by Gasteiger charge is 2.30. The van der Waals surface area contributed by atoms with Gasteiger partial charge >= 0.3 is 5.97 Å². The highest BCUT2D eigenvalue weighted by Crippen LogP contribution is 2.44. The summed E-state index contributed by atoms with van der Waals surface area (Å²) in [6.45, 7) is 4.60. The topological polar surface area (TPSA) is 108 Å². The number of carbonyl (C=O) groups excluding carboxylic acids is 2. The molecular weight excluding hydrogens is 362 g/mol. The Morgan fingerprint density at radius 3 is 2.23 bits per heavy atom. The summed E-state index contributed by atoms with van der Waals surface area (Å²) in [5.41, 5.74) is 0.546. The number of nitrogens with one attached hydrogen (secondary N) is 1. The van der Waals surface area contributed by atoms with Crippen LogP contribution >= 0.6 is 0 Å². The maximum Gasteiger partial charge on any atom is 0.308 e. The molecule has 0 aliphatic carbocycles. The second-order valence-electron chi connectivity index (χ2n) is 5.57. The van der Waals surface area contributed by atoms with E-state index in [1.165, 1.54) is 34.1 Å². The Labute approximate surface area is 153 Å². The van der Waals surface area contributed by atoms with Crippen LogP contribution in [0.3, 0.4) is 0 Å². The number of esters is 1. The van der Waals surface area contributed by atoms with Gasteiger partial charge in [0.15, 0.2) is 26.2 Å². The van der Waals surface area contributed by atoms with Gasteiger partial charge in [0.25, 0.3) is 0 Å². The lowest BCUT2D eigenvalue weighted by Gasteiger charge is -2.19. The van der Waals surface area contributed by atoms with Crippen LogP contribution < -0.4 is 19.5 Å². The largest absolute Gasteiger partial charge is 0.495 e. The molecule has 0 saturated heterocycles. The summed E-state index contributed by atoms with van der Waals surface area (Å²) in [7, 11) is -1.08. The lowest BCUT2D eigenvalue weighted by Crippen LogP contribution is -2.23. The number of methoxy groups -OCH3 is 2. The molecule has 0 saturated carbocycles. The van der Waals surface area contributed by atoms with Gasteiger partial charge in [-0.1, -0.05) is 6.92 Å². The van der Waals surface area contributed by atoms with Gasteiger partial charge in [0.05, 0.1) is 20.0 Å². The van der Waals surface area contributed by atoms with Crippen molar-refractivity contribution in [3.63, 3.8) is 0 Å². The molecule has 0 atom stereocenters. The molecule has 0 radical (unpaired) electrons. The van der Waals surface area contributed by atoms with Crippen molar-refractivity contribution in [3.05, 3.63) is 11.6 Å².